The van der Waals surface area contributed by atoms with E-state index in [9.17, 15) is 22.7 Å². The molecule has 2 N–H and O–H groups in total. The number of ether oxygens (including phenoxy) is 1. The number of aromatic carboxylic acids is 1. The number of rotatable bonds is 6. The zero-order chi connectivity index (χ0) is 22.9. The lowest BCUT2D eigenvalue weighted by molar-refractivity contribution is 0.0697. The second-order valence-corrected chi connectivity index (χ2v) is 8.64. The van der Waals surface area contributed by atoms with Gasteiger partial charge in [-0.1, -0.05) is 42.5 Å². The fourth-order valence-electron chi connectivity index (χ4n) is 3.48. The number of halogens is 1. The number of carbonyl (C=O) groups is 1. The van der Waals surface area contributed by atoms with Gasteiger partial charge in [0.1, 0.15) is 16.5 Å². The second kappa shape index (κ2) is 8.32. The Morgan fingerprint density at radius 3 is 2.41 bits per heavy atom. The lowest BCUT2D eigenvalue weighted by atomic mass is 9.96. The van der Waals surface area contributed by atoms with Gasteiger partial charge >= 0.3 is 5.97 Å². The highest BCUT2D eigenvalue weighted by Crippen LogP contribution is 2.35. The summed E-state index contributed by atoms with van der Waals surface area (Å²) >= 11 is 0. The molecule has 0 unspecified atom stereocenters. The van der Waals surface area contributed by atoms with Crippen LogP contribution < -0.4 is 9.46 Å². The number of carboxylic acids is 1. The molecule has 0 heterocycles. The second-order valence-electron chi connectivity index (χ2n) is 6.99. The quantitative estimate of drug-likeness (QED) is 0.423. The Balaban J connectivity index is 1.82. The molecule has 4 aromatic carbocycles. The van der Waals surface area contributed by atoms with Crippen LogP contribution in [0.25, 0.3) is 21.9 Å². The molecule has 0 amide bonds. The van der Waals surface area contributed by atoms with E-state index in [0.717, 1.165) is 17.7 Å². The maximum Gasteiger partial charge on any atom is 0.335 e. The monoisotopic (exact) mass is 451 g/mol. The van der Waals surface area contributed by atoms with E-state index in [4.69, 9.17) is 4.74 Å². The van der Waals surface area contributed by atoms with Gasteiger partial charge in [-0.25, -0.2) is 17.6 Å². The smallest absolute Gasteiger partial charge is 0.335 e. The van der Waals surface area contributed by atoms with Crippen LogP contribution in [-0.2, 0) is 10.0 Å². The molecule has 4 aromatic rings. The fraction of sp³-hybridized carbons (Fsp3) is 0.0417. The first-order chi connectivity index (χ1) is 15.3. The van der Waals surface area contributed by atoms with Crippen LogP contribution in [0.5, 0.6) is 5.75 Å². The van der Waals surface area contributed by atoms with E-state index < -0.39 is 26.7 Å². The van der Waals surface area contributed by atoms with Gasteiger partial charge < -0.3 is 9.84 Å². The highest BCUT2D eigenvalue weighted by Gasteiger charge is 2.21. The van der Waals surface area contributed by atoms with Gasteiger partial charge in [0.2, 0.25) is 0 Å². The molecule has 162 valence electrons. The summed E-state index contributed by atoms with van der Waals surface area (Å²) in [5.41, 5.74) is 1.82. The van der Waals surface area contributed by atoms with Crippen molar-refractivity contribution in [1.82, 2.24) is 0 Å². The van der Waals surface area contributed by atoms with E-state index in [1.165, 1.54) is 19.2 Å². The normalized spacial score (nSPS) is 11.3. The minimum Gasteiger partial charge on any atom is -0.497 e. The minimum atomic E-state index is -4.25. The molecular weight excluding hydrogens is 433 g/mol. The first kappa shape index (κ1) is 21.3. The van der Waals surface area contributed by atoms with Gasteiger partial charge in [0.05, 0.1) is 18.4 Å². The molecule has 32 heavy (non-hydrogen) atoms. The van der Waals surface area contributed by atoms with Crippen molar-refractivity contribution < 1.29 is 27.4 Å². The van der Waals surface area contributed by atoms with Crippen molar-refractivity contribution in [2.45, 2.75) is 4.90 Å². The van der Waals surface area contributed by atoms with Crippen LogP contribution in [0, 0.1) is 5.82 Å². The first-order valence-electron chi connectivity index (χ1n) is 9.52. The molecule has 0 bridgehead atoms. The van der Waals surface area contributed by atoms with Gasteiger partial charge in [0, 0.05) is 11.5 Å². The summed E-state index contributed by atoms with van der Waals surface area (Å²) in [6.07, 6.45) is 0. The lowest BCUT2D eigenvalue weighted by Gasteiger charge is -2.15. The van der Waals surface area contributed by atoms with Crippen LogP contribution >= 0.6 is 0 Å². The number of sulfonamides is 1. The summed E-state index contributed by atoms with van der Waals surface area (Å²) in [7, 11) is -2.88. The summed E-state index contributed by atoms with van der Waals surface area (Å²) < 4.78 is 47.6. The average molecular weight is 451 g/mol. The van der Waals surface area contributed by atoms with Gasteiger partial charge in [-0.15, -0.1) is 0 Å². The first-order valence-corrected chi connectivity index (χ1v) is 11.0. The molecule has 0 atom stereocenters. The molecule has 4 rings (SSSR count). The van der Waals surface area contributed by atoms with E-state index in [0.29, 0.717) is 16.3 Å². The third-order valence-electron chi connectivity index (χ3n) is 5.02. The van der Waals surface area contributed by atoms with E-state index >= 15 is 0 Å². The largest absolute Gasteiger partial charge is 0.497 e. The van der Waals surface area contributed by atoms with Crippen molar-refractivity contribution in [1.29, 1.82) is 0 Å². The minimum absolute atomic E-state index is 0.143. The van der Waals surface area contributed by atoms with Crippen LogP contribution in [0.15, 0.2) is 83.8 Å². The van der Waals surface area contributed by atoms with Crippen LogP contribution in [-0.4, -0.2) is 26.6 Å². The van der Waals surface area contributed by atoms with Gasteiger partial charge in [-0.05, 0) is 46.8 Å². The number of anilines is 1. The maximum atomic E-state index is 14.3. The van der Waals surface area contributed by atoms with Crippen molar-refractivity contribution in [3.8, 4) is 16.9 Å². The summed E-state index contributed by atoms with van der Waals surface area (Å²) in [5.74, 6) is -1.73. The third-order valence-corrected chi connectivity index (χ3v) is 6.40. The van der Waals surface area contributed by atoms with Gasteiger partial charge in [0.15, 0.2) is 0 Å². The van der Waals surface area contributed by atoms with E-state index in [2.05, 4.69) is 4.72 Å². The predicted molar refractivity (Wildman–Crippen MR) is 120 cm³/mol. The van der Waals surface area contributed by atoms with Crippen molar-refractivity contribution in [3.63, 3.8) is 0 Å². The van der Waals surface area contributed by atoms with E-state index in [1.54, 1.807) is 48.5 Å². The molecule has 0 saturated heterocycles. The SMILES string of the molecule is COc1ccc(F)c(S(=O)(=O)Nc2ccc(-c3cccc(C(=O)O)c3)c3ccccc23)c1. The Morgan fingerprint density at radius 2 is 1.69 bits per heavy atom. The van der Waals surface area contributed by atoms with Crippen LogP contribution in [0.2, 0.25) is 0 Å². The van der Waals surface area contributed by atoms with Crippen molar-refractivity contribution >= 4 is 32.5 Å². The number of benzene rings is 4. The van der Waals surface area contributed by atoms with Crippen LogP contribution in [0.3, 0.4) is 0 Å². The van der Waals surface area contributed by atoms with Crippen molar-refractivity contribution in [2.24, 2.45) is 0 Å². The molecule has 0 fully saturated rings. The third kappa shape index (κ3) is 4.00. The number of hydrogen-bond acceptors (Lipinski definition) is 4. The standard InChI is InChI=1S/C24H18FNO5S/c1-31-17-9-11-21(25)23(14-17)32(29,30)26-22-12-10-18(19-7-2-3-8-20(19)22)15-5-4-6-16(13-15)24(27)28/h2-14,26H,1H3,(H,27,28). The molecule has 0 radical (unpaired) electrons. The summed E-state index contributed by atoms with van der Waals surface area (Å²) in [5, 5.41) is 10.6. The molecule has 0 aliphatic rings. The molecular formula is C24H18FNO5S. The number of nitrogens with one attached hydrogen (secondary N) is 1. The van der Waals surface area contributed by atoms with E-state index in [-0.39, 0.29) is 17.0 Å². The molecule has 0 saturated carbocycles. The van der Waals surface area contributed by atoms with Gasteiger partial charge in [0.25, 0.3) is 10.0 Å². The van der Waals surface area contributed by atoms with E-state index in [1.807, 2.05) is 6.07 Å². The zero-order valence-electron chi connectivity index (χ0n) is 16.9. The van der Waals surface area contributed by atoms with Crippen molar-refractivity contribution in [3.05, 3.63) is 90.2 Å². The Morgan fingerprint density at radius 1 is 0.938 bits per heavy atom. The molecule has 8 heteroatoms. The number of hydrogen-bond donors (Lipinski definition) is 2. The Kier molecular flexibility index (Phi) is 5.54. The maximum absolute atomic E-state index is 14.3. The summed E-state index contributed by atoms with van der Waals surface area (Å²) in [6, 6.07) is 20.3. The highest BCUT2D eigenvalue weighted by atomic mass is 32.2. The Bertz CT molecular complexity index is 1450. The predicted octanol–water partition coefficient (Wildman–Crippen LogP) is 5.15. The summed E-state index contributed by atoms with van der Waals surface area (Å²) in [6.45, 7) is 0. The Labute approximate surface area is 184 Å². The number of methoxy groups -OCH3 is 1. The van der Waals surface area contributed by atoms with Crippen LogP contribution in [0.1, 0.15) is 10.4 Å². The van der Waals surface area contributed by atoms with Gasteiger partial charge in [-0.2, -0.15) is 0 Å². The fourth-order valence-corrected chi connectivity index (χ4v) is 4.65. The number of fused-ring (bicyclic) bond motifs is 1. The highest BCUT2D eigenvalue weighted by molar-refractivity contribution is 7.92. The molecule has 0 aliphatic heterocycles. The molecule has 0 aromatic heterocycles. The van der Waals surface area contributed by atoms with Crippen LogP contribution in [0.4, 0.5) is 10.1 Å². The Hall–Kier alpha value is -3.91. The molecule has 0 spiro atoms. The topological polar surface area (TPSA) is 92.7 Å². The zero-order valence-corrected chi connectivity index (χ0v) is 17.7. The molecule has 0 aliphatic carbocycles. The molecule has 6 nitrogen and oxygen atoms in total. The lowest BCUT2D eigenvalue weighted by Crippen LogP contribution is -2.15. The van der Waals surface area contributed by atoms with Gasteiger partial charge in [-0.3, -0.25) is 4.72 Å². The summed E-state index contributed by atoms with van der Waals surface area (Å²) in [4.78, 5) is 10.8. The number of carboxylic acid groups (broad SMARTS) is 1. The van der Waals surface area contributed by atoms with Crippen molar-refractivity contribution in [2.75, 3.05) is 11.8 Å². The average Bonchev–Trinajstić information content (AvgIpc) is 2.79.